The molecule has 0 amide bonds. The maximum Gasteiger partial charge on any atom is 0.133 e. The molecule has 1 atom stereocenters. The lowest BCUT2D eigenvalue weighted by molar-refractivity contribution is 0.667. The Morgan fingerprint density at radius 3 is 3.00 bits per heavy atom. The molecule has 0 aliphatic rings. The summed E-state index contributed by atoms with van der Waals surface area (Å²) in [4.78, 5) is 1.39. The fraction of sp³-hybridized carbons (Fsp3) is 0.444. The fourth-order valence-corrected chi connectivity index (χ4v) is 3.17. The fourth-order valence-electron chi connectivity index (χ4n) is 1.04. The van der Waals surface area contributed by atoms with E-state index in [1.54, 1.807) is 11.3 Å². The lowest BCUT2D eigenvalue weighted by Gasteiger charge is -2.05. The first-order chi connectivity index (χ1) is 6.22. The molecule has 0 radical (unpaired) electrons. The minimum atomic E-state index is 0.579. The smallest absolute Gasteiger partial charge is 0.133 e. The van der Waals surface area contributed by atoms with E-state index in [4.69, 9.17) is 5.26 Å². The normalized spacial score (nSPS) is 12.4. The molecular weight excluding hydrogens is 266 g/mol. The molecule has 0 aliphatic carbocycles. The molecule has 0 fully saturated rings. The van der Waals surface area contributed by atoms with Gasteiger partial charge in [0.2, 0.25) is 0 Å². The Morgan fingerprint density at radius 1 is 1.69 bits per heavy atom. The Morgan fingerprint density at radius 2 is 2.46 bits per heavy atom. The van der Waals surface area contributed by atoms with Crippen LogP contribution >= 0.6 is 39.0 Å². The van der Waals surface area contributed by atoms with E-state index < -0.39 is 0 Å². The first kappa shape index (κ1) is 11.1. The van der Waals surface area contributed by atoms with Crippen molar-refractivity contribution in [2.75, 3.05) is 5.75 Å². The van der Waals surface area contributed by atoms with E-state index in [1.807, 2.05) is 0 Å². The predicted molar refractivity (Wildman–Crippen MR) is 63.0 cm³/mol. The van der Waals surface area contributed by atoms with Crippen LogP contribution in [0.5, 0.6) is 0 Å². The summed E-state index contributed by atoms with van der Waals surface area (Å²) >= 11 is 6.55. The van der Waals surface area contributed by atoms with Crippen LogP contribution in [0.2, 0.25) is 0 Å². The predicted octanol–water partition coefficient (Wildman–Crippen LogP) is 3.90. The third kappa shape index (κ3) is 4.17. The molecule has 0 saturated carbocycles. The van der Waals surface area contributed by atoms with Crippen LogP contribution in [0.15, 0.2) is 15.9 Å². The van der Waals surface area contributed by atoms with Crippen LogP contribution in [0.1, 0.15) is 11.8 Å². The zero-order chi connectivity index (χ0) is 9.68. The number of thiophene rings is 1. The van der Waals surface area contributed by atoms with E-state index in [9.17, 15) is 0 Å². The summed E-state index contributed by atoms with van der Waals surface area (Å²) in [5.74, 6) is 1.50. The maximum atomic E-state index is 8.39. The van der Waals surface area contributed by atoms with Gasteiger partial charge < -0.3 is 0 Å². The van der Waals surface area contributed by atoms with Gasteiger partial charge >= 0.3 is 0 Å². The van der Waals surface area contributed by atoms with Gasteiger partial charge in [0.25, 0.3) is 0 Å². The van der Waals surface area contributed by atoms with Crippen molar-refractivity contribution >= 4 is 39.0 Å². The van der Waals surface area contributed by atoms with Crippen LogP contribution in [0.25, 0.3) is 0 Å². The number of hydrogen-bond acceptors (Lipinski definition) is 3. The summed E-state index contributed by atoms with van der Waals surface area (Å²) in [7, 11) is 0. The van der Waals surface area contributed by atoms with Gasteiger partial charge in [0, 0.05) is 10.6 Å². The molecule has 1 aromatic rings. The van der Waals surface area contributed by atoms with Gasteiger partial charge in [-0.3, -0.25) is 0 Å². The van der Waals surface area contributed by atoms with Crippen LogP contribution in [0.3, 0.4) is 0 Å². The topological polar surface area (TPSA) is 23.8 Å². The Kier molecular flexibility index (Phi) is 4.86. The first-order valence-electron chi connectivity index (χ1n) is 3.97. The van der Waals surface area contributed by atoms with E-state index in [1.165, 1.54) is 20.4 Å². The summed E-state index contributed by atoms with van der Waals surface area (Å²) < 4.78 is 1.18. The van der Waals surface area contributed by atoms with E-state index >= 15 is 0 Å². The standard InChI is InChI=1S/C9H10BrNS2/c1-7(5-12-6-11)4-8-2-3-9(10)13-8/h2-3,7H,4-5H2,1H3. The first-order valence-corrected chi connectivity index (χ1v) is 6.57. The van der Waals surface area contributed by atoms with Crippen molar-refractivity contribution < 1.29 is 0 Å². The number of thioether (sulfide) groups is 1. The molecule has 4 heteroatoms. The average molecular weight is 276 g/mol. The molecule has 0 aromatic carbocycles. The minimum Gasteiger partial charge on any atom is -0.185 e. The lowest BCUT2D eigenvalue weighted by Crippen LogP contribution is -2.00. The molecule has 0 N–H and O–H groups in total. The van der Waals surface area contributed by atoms with Gasteiger partial charge in [0.05, 0.1) is 3.79 Å². The van der Waals surface area contributed by atoms with Gasteiger partial charge in [-0.2, -0.15) is 5.26 Å². The molecule has 1 nitrogen and oxygen atoms in total. The number of halogens is 1. The van der Waals surface area contributed by atoms with Crippen LogP contribution in [0, 0.1) is 16.6 Å². The van der Waals surface area contributed by atoms with E-state index in [0.29, 0.717) is 5.92 Å². The Bertz CT molecular complexity index is 303. The third-order valence-electron chi connectivity index (χ3n) is 1.61. The highest BCUT2D eigenvalue weighted by atomic mass is 79.9. The highest BCUT2D eigenvalue weighted by Crippen LogP contribution is 2.25. The van der Waals surface area contributed by atoms with Crippen LogP contribution in [0.4, 0.5) is 0 Å². The van der Waals surface area contributed by atoms with Gasteiger partial charge in [0.1, 0.15) is 5.40 Å². The largest absolute Gasteiger partial charge is 0.185 e. The molecule has 0 aliphatic heterocycles. The highest BCUT2D eigenvalue weighted by molar-refractivity contribution is 9.11. The molecule has 0 spiro atoms. The number of thiocyanates is 1. The summed E-state index contributed by atoms with van der Waals surface area (Å²) in [6.07, 6.45) is 1.07. The van der Waals surface area contributed by atoms with Crippen molar-refractivity contribution in [1.82, 2.24) is 0 Å². The number of nitriles is 1. The monoisotopic (exact) mass is 275 g/mol. The zero-order valence-electron chi connectivity index (χ0n) is 7.29. The SMILES string of the molecule is CC(CSC#N)Cc1ccc(Br)s1. The van der Waals surface area contributed by atoms with Crippen molar-refractivity contribution in [1.29, 1.82) is 5.26 Å². The summed E-state index contributed by atoms with van der Waals surface area (Å²) in [5, 5.41) is 10.5. The quantitative estimate of drug-likeness (QED) is 0.779. The molecule has 1 aromatic heterocycles. The average Bonchev–Trinajstić information content (AvgIpc) is 2.48. The number of hydrogen-bond donors (Lipinski definition) is 0. The zero-order valence-corrected chi connectivity index (χ0v) is 10.5. The maximum absolute atomic E-state index is 8.39. The lowest BCUT2D eigenvalue weighted by atomic mass is 10.1. The Hall–Kier alpha value is 0.0200. The minimum absolute atomic E-state index is 0.579. The van der Waals surface area contributed by atoms with Crippen LogP contribution in [-0.2, 0) is 6.42 Å². The van der Waals surface area contributed by atoms with Crippen LogP contribution < -0.4 is 0 Å². The Balaban J connectivity index is 2.37. The molecule has 13 heavy (non-hydrogen) atoms. The highest BCUT2D eigenvalue weighted by Gasteiger charge is 2.05. The molecule has 70 valence electrons. The summed E-state index contributed by atoms with van der Waals surface area (Å²) in [5.41, 5.74) is 0. The summed E-state index contributed by atoms with van der Waals surface area (Å²) in [6.45, 7) is 2.18. The van der Waals surface area contributed by atoms with Gasteiger partial charge in [-0.25, -0.2) is 0 Å². The molecule has 0 saturated heterocycles. The van der Waals surface area contributed by atoms with Gasteiger partial charge in [0.15, 0.2) is 0 Å². The summed E-state index contributed by atoms with van der Waals surface area (Å²) in [6, 6.07) is 4.21. The molecule has 1 unspecified atom stereocenters. The number of nitrogens with zero attached hydrogens (tertiary/aromatic N) is 1. The van der Waals surface area contributed by atoms with Crippen molar-refractivity contribution in [3.8, 4) is 5.40 Å². The molecule has 1 rings (SSSR count). The third-order valence-corrected chi connectivity index (χ3v) is 4.12. The molecule has 1 heterocycles. The molecular formula is C9H10BrNS2. The van der Waals surface area contributed by atoms with Gasteiger partial charge in [-0.15, -0.1) is 11.3 Å². The Labute approximate surface area is 95.3 Å². The second kappa shape index (κ2) is 5.69. The van der Waals surface area contributed by atoms with Gasteiger partial charge in [-0.1, -0.05) is 6.92 Å². The van der Waals surface area contributed by atoms with Crippen LogP contribution in [-0.4, -0.2) is 5.75 Å². The second-order valence-corrected chi connectivity index (χ2v) is 6.27. The van der Waals surface area contributed by atoms with Crippen molar-refractivity contribution in [2.24, 2.45) is 5.92 Å². The molecule has 0 bridgehead atoms. The van der Waals surface area contributed by atoms with E-state index in [2.05, 4.69) is 40.4 Å². The van der Waals surface area contributed by atoms with Crippen molar-refractivity contribution in [3.05, 3.63) is 20.8 Å². The van der Waals surface area contributed by atoms with E-state index in [0.717, 1.165) is 12.2 Å². The van der Waals surface area contributed by atoms with Gasteiger partial charge in [-0.05, 0) is 52.2 Å². The second-order valence-electron chi connectivity index (χ2n) is 2.92. The van der Waals surface area contributed by atoms with E-state index in [-0.39, 0.29) is 0 Å². The number of rotatable bonds is 4. The van der Waals surface area contributed by atoms with Crippen molar-refractivity contribution in [2.45, 2.75) is 13.3 Å². The van der Waals surface area contributed by atoms with Crippen molar-refractivity contribution in [3.63, 3.8) is 0 Å².